The van der Waals surface area contributed by atoms with Crippen LogP contribution in [0.2, 0.25) is 0 Å². The van der Waals surface area contributed by atoms with Crippen LogP contribution < -0.4 is 10.3 Å². The highest BCUT2D eigenvalue weighted by molar-refractivity contribution is 7.99. The SMILES string of the molecule is CN(C)c1ccc(-c2nnc3n2NC(c2ccco2)S3)cc1. The number of anilines is 1. The van der Waals surface area contributed by atoms with E-state index in [2.05, 4.69) is 44.8 Å². The molecule has 6 nitrogen and oxygen atoms in total. The van der Waals surface area contributed by atoms with Crippen LogP contribution in [-0.2, 0) is 0 Å². The van der Waals surface area contributed by atoms with Crippen LogP contribution in [0, 0.1) is 0 Å². The quantitative estimate of drug-likeness (QED) is 0.802. The molecule has 3 aromatic rings. The second-order valence-corrected chi connectivity index (χ2v) is 6.30. The van der Waals surface area contributed by atoms with E-state index in [1.165, 1.54) is 0 Å². The van der Waals surface area contributed by atoms with Gasteiger partial charge in [0.2, 0.25) is 5.16 Å². The molecule has 0 saturated heterocycles. The van der Waals surface area contributed by atoms with Gasteiger partial charge in [-0.05, 0) is 48.2 Å². The van der Waals surface area contributed by atoms with E-state index in [0.29, 0.717) is 0 Å². The minimum Gasteiger partial charge on any atom is -0.466 e. The van der Waals surface area contributed by atoms with E-state index in [4.69, 9.17) is 4.42 Å². The standard InChI is InChI=1S/C15H15N5OS/c1-19(2)11-7-5-10(6-8-11)13-16-17-15-20(13)18-14(22-15)12-4-3-9-21-12/h3-9,14,18H,1-2H3. The third-order valence-electron chi connectivity index (χ3n) is 3.55. The molecule has 0 fully saturated rings. The van der Waals surface area contributed by atoms with Crippen molar-refractivity contribution in [2.24, 2.45) is 0 Å². The number of hydrogen-bond donors (Lipinski definition) is 1. The van der Waals surface area contributed by atoms with Crippen molar-refractivity contribution in [3.63, 3.8) is 0 Å². The van der Waals surface area contributed by atoms with Crippen molar-refractivity contribution in [2.45, 2.75) is 10.5 Å². The van der Waals surface area contributed by atoms with E-state index in [9.17, 15) is 0 Å². The van der Waals surface area contributed by atoms with Crippen molar-refractivity contribution in [3.05, 3.63) is 48.4 Å². The lowest BCUT2D eigenvalue weighted by molar-refractivity contribution is 0.509. The Bertz CT molecular complexity index is 779. The predicted octanol–water partition coefficient (Wildman–Crippen LogP) is 2.95. The van der Waals surface area contributed by atoms with Gasteiger partial charge in [0.05, 0.1) is 6.26 Å². The van der Waals surface area contributed by atoms with Gasteiger partial charge in [0.15, 0.2) is 11.2 Å². The molecular formula is C15H15N5OS. The first kappa shape index (κ1) is 13.3. The molecule has 0 radical (unpaired) electrons. The molecule has 1 aliphatic heterocycles. The highest BCUT2D eigenvalue weighted by atomic mass is 32.2. The van der Waals surface area contributed by atoms with Crippen molar-refractivity contribution in [1.29, 1.82) is 0 Å². The van der Waals surface area contributed by atoms with Gasteiger partial charge in [-0.15, -0.1) is 10.2 Å². The van der Waals surface area contributed by atoms with E-state index >= 15 is 0 Å². The number of rotatable bonds is 3. The number of fused-ring (bicyclic) bond motifs is 1. The van der Waals surface area contributed by atoms with E-state index in [-0.39, 0.29) is 5.37 Å². The molecule has 0 spiro atoms. The number of furan rings is 1. The van der Waals surface area contributed by atoms with Crippen molar-refractivity contribution in [2.75, 3.05) is 24.4 Å². The van der Waals surface area contributed by atoms with Crippen molar-refractivity contribution >= 4 is 17.4 Å². The Balaban J connectivity index is 1.64. The van der Waals surface area contributed by atoms with Gasteiger partial charge in [0, 0.05) is 25.3 Å². The summed E-state index contributed by atoms with van der Waals surface area (Å²) in [5.74, 6) is 1.69. The van der Waals surface area contributed by atoms with Crippen LogP contribution in [0.5, 0.6) is 0 Å². The van der Waals surface area contributed by atoms with Gasteiger partial charge >= 0.3 is 0 Å². The molecule has 1 N–H and O–H groups in total. The van der Waals surface area contributed by atoms with E-state index in [0.717, 1.165) is 28.0 Å². The van der Waals surface area contributed by atoms with Gasteiger partial charge in [-0.25, -0.2) is 4.68 Å². The molecule has 4 rings (SSSR count). The molecule has 22 heavy (non-hydrogen) atoms. The van der Waals surface area contributed by atoms with Gasteiger partial charge in [-0.3, -0.25) is 0 Å². The Morgan fingerprint density at radius 1 is 1.18 bits per heavy atom. The van der Waals surface area contributed by atoms with Crippen LogP contribution in [0.25, 0.3) is 11.4 Å². The molecule has 3 heterocycles. The average molecular weight is 313 g/mol. The van der Waals surface area contributed by atoms with Crippen LogP contribution in [0.15, 0.2) is 52.2 Å². The number of aromatic nitrogens is 3. The summed E-state index contributed by atoms with van der Waals surface area (Å²) in [4.78, 5) is 2.07. The van der Waals surface area contributed by atoms with Crippen LogP contribution >= 0.6 is 11.8 Å². The second kappa shape index (κ2) is 5.10. The maximum Gasteiger partial charge on any atom is 0.212 e. The van der Waals surface area contributed by atoms with E-state index < -0.39 is 0 Å². The lowest BCUT2D eigenvalue weighted by Crippen LogP contribution is -2.13. The van der Waals surface area contributed by atoms with Gasteiger partial charge in [-0.2, -0.15) is 0 Å². The minimum absolute atomic E-state index is 0.0281. The van der Waals surface area contributed by atoms with Crippen molar-refractivity contribution in [1.82, 2.24) is 14.9 Å². The van der Waals surface area contributed by atoms with Gasteiger partial charge in [0.1, 0.15) is 5.76 Å². The molecule has 1 aromatic carbocycles. The molecule has 112 valence electrons. The fraction of sp³-hybridized carbons (Fsp3) is 0.200. The molecular weight excluding hydrogens is 298 g/mol. The van der Waals surface area contributed by atoms with Crippen LogP contribution in [0.1, 0.15) is 11.1 Å². The van der Waals surface area contributed by atoms with E-state index in [1.54, 1.807) is 18.0 Å². The zero-order chi connectivity index (χ0) is 15.1. The lowest BCUT2D eigenvalue weighted by Gasteiger charge is -2.13. The normalized spacial score (nSPS) is 16.4. The molecule has 0 aliphatic carbocycles. The third kappa shape index (κ3) is 2.14. The molecule has 1 atom stereocenters. The fourth-order valence-corrected chi connectivity index (χ4v) is 3.32. The topological polar surface area (TPSA) is 59.1 Å². The fourth-order valence-electron chi connectivity index (χ4n) is 2.37. The van der Waals surface area contributed by atoms with Crippen molar-refractivity contribution < 1.29 is 4.42 Å². The van der Waals surface area contributed by atoms with Crippen LogP contribution in [0.3, 0.4) is 0 Å². The Labute approximate surface area is 132 Å². The largest absolute Gasteiger partial charge is 0.466 e. The highest BCUT2D eigenvalue weighted by Gasteiger charge is 2.29. The number of hydrogen-bond acceptors (Lipinski definition) is 6. The van der Waals surface area contributed by atoms with Crippen LogP contribution in [-0.4, -0.2) is 29.0 Å². The summed E-state index contributed by atoms with van der Waals surface area (Å²) < 4.78 is 7.37. The average Bonchev–Trinajstić information content (AvgIpc) is 3.23. The van der Waals surface area contributed by atoms with Gasteiger partial charge < -0.3 is 14.7 Å². The minimum atomic E-state index is 0.0281. The summed E-state index contributed by atoms with van der Waals surface area (Å²) in [5, 5.41) is 9.40. The van der Waals surface area contributed by atoms with Crippen LogP contribution in [0.4, 0.5) is 5.69 Å². The predicted molar refractivity (Wildman–Crippen MR) is 86.5 cm³/mol. The smallest absolute Gasteiger partial charge is 0.212 e. The zero-order valence-electron chi connectivity index (χ0n) is 12.2. The molecule has 1 aliphatic rings. The van der Waals surface area contributed by atoms with Gasteiger partial charge in [-0.1, -0.05) is 0 Å². The molecule has 0 bridgehead atoms. The van der Waals surface area contributed by atoms with E-state index in [1.807, 2.05) is 30.9 Å². The maximum atomic E-state index is 5.46. The summed E-state index contributed by atoms with van der Waals surface area (Å²) in [6, 6.07) is 12.1. The summed E-state index contributed by atoms with van der Waals surface area (Å²) in [7, 11) is 4.05. The summed E-state index contributed by atoms with van der Waals surface area (Å²) in [5.41, 5.74) is 5.55. The highest BCUT2D eigenvalue weighted by Crippen LogP contribution is 2.40. The molecule has 1 unspecified atom stereocenters. The first-order chi connectivity index (χ1) is 10.7. The van der Waals surface area contributed by atoms with Crippen molar-refractivity contribution in [3.8, 4) is 11.4 Å². The van der Waals surface area contributed by atoms with Gasteiger partial charge in [0.25, 0.3) is 0 Å². The monoisotopic (exact) mass is 313 g/mol. The number of thioether (sulfide) groups is 1. The summed E-state index contributed by atoms with van der Waals surface area (Å²) in [6.45, 7) is 0. The zero-order valence-corrected chi connectivity index (χ0v) is 13.0. The first-order valence-electron chi connectivity index (χ1n) is 6.92. The third-order valence-corrected chi connectivity index (χ3v) is 4.59. The Hall–Kier alpha value is -2.41. The number of benzene rings is 1. The number of nitrogens with zero attached hydrogens (tertiary/aromatic N) is 4. The second-order valence-electron chi connectivity index (χ2n) is 5.23. The molecule has 2 aromatic heterocycles. The number of nitrogens with one attached hydrogen (secondary N) is 1. The Morgan fingerprint density at radius 2 is 2.00 bits per heavy atom. The maximum absolute atomic E-state index is 5.46. The summed E-state index contributed by atoms with van der Waals surface area (Å²) in [6.07, 6.45) is 1.68. The Morgan fingerprint density at radius 3 is 2.68 bits per heavy atom. The summed E-state index contributed by atoms with van der Waals surface area (Å²) >= 11 is 1.59. The molecule has 0 amide bonds. The molecule has 7 heteroatoms. The molecule has 0 saturated carbocycles. The Kier molecular flexibility index (Phi) is 3.07. The first-order valence-corrected chi connectivity index (χ1v) is 7.80. The lowest BCUT2D eigenvalue weighted by atomic mass is 10.2.